The summed E-state index contributed by atoms with van der Waals surface area (Å²) in [4.78, 5) is 15.7. The average Bonchev–Trinajstić information content (AvgIpc) is 3.08. The molecule has 132 valence electrons. The van der Waals surface area contributed by atoms with E-state index in [0.29, 0.717) is 18.8 Å². The second-order valence-corrected chi connectivity index (χ2v) is 8.90. The molecule has 0 bridgehead atoms. The fraction of sp³-hybridized carbons (Fsp3) is 0.421. The highest BCUT2D eigenvalue weighted by atomic mass is 35.5. The summed E-state index contributed by atoms with van der Waals surface area (Å²) in [6.07, 6.45) is 1.71. The van der Waals surface area contributed by atoms with Gasteiger partial charge in [0.15, 0.2) is 18.1 Å². The SMILES string of the molecule is CC1(C)Cc2cccc(OCC(=O)N3CCc4sc(Cl)cc4C3)c2O1. The molecule has 0 spiro atoms. The van der Waals surface area contributed by atoms with Crippen molar-refractivity contribution >= 4 is 28.8 Å². The summed E-state index contributed by atoms with van der Waals surface area (Å²) < 4.78 is 12.6. The molecule has 0 saturated carbocycles. The molecule has 0 unspecified atom stereocenters. The lowest BCUT2D eigenvalue weighted by molar-refractivity contribution is -0.134. The Bertz CT molecular complexity index is 830. The molecule has 3 heterocycles. The van der Waals surface area contributed by atoms with Gasteiger partial charge in [-0.1, -0.05) is 23.7 Å². The van der Waals surface area contributed by atoms with Crippen molar-refractivity contribution in [3.8, 4) is 11.5 Å². The molecule has 2 aliphatic heterocycles. The third-order valence-electron chi connectivity index (χ3n) is 4.60. The Hall–Kier alpha value is -1.72. The molecule has 0 aliphatic carbocycles. The topological polar surface area (TPSA) is 38.8 Å². The van der Waals surface area contributed by atoms with E-state index >= 15 is 0 Å². The van der Waals surface area contributed by atoms with Crippen molar-refractivity contribution in [1.29, 1.82) is 0 Å². The number of halogens is 1. The predicted octanol–water partition coefficient (Wildman–Crippen LogP) is 4.08. The molecule has 0 atom stereocenters. The average molecular weight is 378 g/mol. The van der Waals surface area contributed by atoms with Crippen molar-refractivity contribution in [3.05, 3.63) is 44.6 Å². The van der Waals surface area contributed by atoms with Crippen molar-refractivity contribution in [2.24, 2.45) is 0 Å². The van der Waals surface area contributed by atoms with Gasteiger partial charge in [-0.15, -0.1) is 11.3 Å². The summed E-state index contributed by atoms with van der Waals surface area (Å²) in [6, 6.07) is 7.82. The molecule has 0 fully saturated rings. The Morgan fingerprint density at radius 3 is 3.08 bits per heavy atom. The Balaban J connectivity index is 1.42. The largest absolute Gasteiger partial charge is 0.483 e. The summed E-state index contributed by atoms with van der Waals surface area (Å²) in [5.41, 5.74) is 2.05. The molecule has 2 aromatic rings. The normalized spacial score (nSPS) is 17.6. The Morgan fingerprint density at radius 1 is 1.40 bits per heavy atom. The van der Waals surface area contributed by atoms with E-state index in [4.69, 9.17) is 21.1 Å². The van der Waals surface area contributed by atoms with Crippen molar-refractivity contribution in [2.45, 2.75) is 38.8 Å². The van der Waals surface area contributed by atoms with Crippen LogP contribution in [0.4, 0.5) is 0 Å². The maximum atomic E-state index is 12.5. The minimum Gasteiger partial charge on any atom is -0.483 e. The minimum absolute atomic E-state index is 0.0113. The summed E-state index contributed by atoms with van der Waals surface area (Å²) in [7, 11) is 0. The number of fused-ring (bicyclic) bond motifs is 2. The first-order valence-electron chi connectivity index (χ1n) is 8.40. The van der Waals surface area contributed by atoms with Gasteiger partial charge in [0.25, 0.3) is 5.91 Å². The van der Waals surface area contributed by atoms with Crippen LogP contribution in [0.3, 0.4) is 0 Å². The van der Waals surface area contributed by atoms with Crippen LogP contribution >= 0.6 is 22.9 Å². The molecule has 1 aromatic carbocycles. The molecule has 6 heteroatoms. The molecule has 1 aromatic heterocycles. The Labute approximate surface area is 156 Å². The van der Waals surface area contributed by atoms with Gasteiger partial charge in [-0.25, -0.2) is 0 Å². The monoisotopic (exact) mass is 377 g/mol. The van der Waals surface area contributed by atoms with Crippen molar-refractivity contribution in [2.75, 3.05) is 13.2 Å². The second kappa shape index (κ2) is 6.22. The number of rotatable bonds is 3. The lowest BCUT2D eigenvalue weighted by atomic mass is 10.0. The van der Waals surface area contributed by atoms with Crippen LogP contribution in [0.1, 0.15) is 29.9 Å². The van der Waals surface area contributed by atoms with Gasteiger partial charge in [0, 0.05) is 30.0 Å². The summed E-state index contributed by atoms with van der Waals surface area (Å²) in [5, 5.41) is 0. The van der Waals surface area contributed by atoms with E-state index in [1.807, 2.05) is 29.2 Å². The van der Waals surface area contributed by atoms with Crippen LogP contribution in [0.2, 0.25) is 4.34 Å². The molecular formula is C19H20ClNO3S. The number of thiophene rings is 1. The van der Waals surface area contributed by atoms with E-state index in [2.05, 4.69) is 13.8 Å². The summed E-state index contributed by atoms with van der Waals surface area (Å²) >= 11 is 7.68. The lowest BCUT2D eigenvalue weighted by Crippen LogP contribution is -2.38. The highest BCUT2D eigenvalue weighted by molar-refractivity contribution is 7.16. The highest BCUT2D eigenvalue weighted by Gasteiger charge is 2.32. The molecule has 0 N–H and O–H groups in total. The quantitative estimate of drug-likeness (QED) is 0.809. The first-order valence-corrected chi connectivity index (χ1v) is 9.59. The maximum Gasteiger partial charge on any atom is 0.260 e. The summed E-state index contributed by atoms with van der Waals surface area (Å²) in [6.45, 7) is 5.45. The van der Waals surface area contributed by atoms with Gasteiger partial charge >= 0.3 is 0 Å². The second-order valence-electron chi connectivity index (χ2n) is 7.14. The van der Waals surface area contributed by atoms with E-state index in [0.717, 1.165) is 34.1 Å². The number of ether oxygens (including phenoxy) is 2. The zero-order valence-electron chi connectivity index (χ0n) is 14.3. The molecular weight excluding hydrogens is 358 g/mol. The Kier molecular flexibility index (Phi) is 4.16. The number of benzene rings is 1. The highest BCUT2D eigenvalue weighted by Crippen LogP contribution is 2.41. The zero-order valence-corrected chi connectivity index (χ0v) is 15.9. The van der Waals surface area contributed by atoms with Gasteiger partial charge in [-0.3, -0.25) is 4.79 Å². The van der Waals surface area contributed by atoms with E-state index in [1.165, 1.54) is 4.88 Å². The van der Waals surface area contributed by atoms with Crippen molar-refractivity contribution in [1.82, 2.24) is 4.90 Å². The van der Waals surface area contributed by atoms with Crippen LogP contribution in [-0.4, -0.2) is 29.6 Å². The van der Waals surface area contributed by atoms with Crippen LogP contribution in [0, 0.1) is 0 Å². The predicted molar refractivity (Wildman–Crippen MR) is 98.8 cm³/mol. The third-order valence-corrected chi connectivity index (χ3v) is 5.96. The smallest absolute Gasteiger partial charge is 0.260 e. The summed E-state index contributed by atoms with van der Waals surface area (Å²) in [5.74, 6) is 1.40. The van der Waals surface area contributed by atoms with E-state index in [9.17, 15) is 4.79 Å². The first kappa shape index (κ1) is 16.7. The van der Waals surface area contributed by atoms with Gasteiger partial charge in [0.1, 0.15) is 5.60 Å². The number of nitrogens with zero attached hydrogens (tertiary/aromatic N) is 1. The Morgan fingerprint density at radius 2 is 2.24 bits per heavy atom. The number of hydrogen-bond acceptors (Lipinski definition) is 4. The van der Waals surface area contributed by atoms with Gasteiger partial charge < -0.3 is 14.4 Å². The van der Waals surface area contributed by atoms with Crippen LogP contribution < -0.4 is 9.47 Å². The molecule has 0 radical (unpaired) electrons. The van der Waals surface area contributed by atoms with Gasteiger partial charge in [-0.2, -0.15) is 0 Å². The van der Waals surface area contributed by atoms with Crippen LogP contribution in [0.15, 0.2) is 24.3 Å². The van der Waals surface area contributed by atoms with Gasteiger partial charge in [-0.05, 0) is 38.0 Å². The van der Waals surface area contributed by atoms with Gasteiger partial charge in [0.05, 0.1) is 4.34 Å². The van der Waals surface area contributed by atoms with E-state index in [-0.39, 0.29) is 18.1 Å². The molecule has 4 rings (SSSR count). The first-order chi connectivity index (χ1) is 11.9. The maximum absolute atomic E-state index is 12.5. The number of hydrogen-bond donors (Lipinski definition) is 0. The number of para-hydroxylation sites is 1. The number of carbonyl (C=O) groups excluding carboxylic acids is 1. The fourth-order valence-electron chi connectivity index (χ4n) is 3.44. The van der Waals surface area contributed by atoms with E-state index in [1.54, 1.807) is 11.3 Å². The number of amides is 1. The molecule has 0 saturated heterocycles. The van der Waals surface area contributed by atoms with Crippen molar-refractivity contribution in [3.63, 3.8) is 0 Å². The zero-order chi connectivity index (χ0) is 17.6. The number of carbonyl (C=O) groups is 1. The minimum atomic E-state index is -0.229. The molecule has 25 heavy (non-hydrogen) atoms. The third kappa shape index (κ3) is 3.35. The van der Waals surface area contributed by atoms with E-state index < -0.39 is 0 Å². The van der Waals surface area contributed by atoms with Crippen molar-refractivity contribution < 1.29 is 14.3 Å². The molecule has 2 aliphatic rings. The van der Waals surface area contributed by atoms with Crippen LogP contribution in [0.25, 0.3) is 0 Å². The lowest BCUT2D eigenvalue weighted by Gasteiger charge is -2.27. The standard InChI is InChI=1S/C19H20ClNO3S/c1-19(2)9-12-4-3-5-14(18(12)24-19)23-11-17(22)21-7-6-15-13(10-21)8-16(20)25-15/h3-5,8H,6-7,9-11H2,1-2H3. The fourth-order valence-corrected chi connectivity index (χ4v) is 4.74. The van der Waals surface area contributed by atoms with Crippen LogP contribution in [0.5, 0.6) is 11.5 Å². The molecule has 4 nitrogen and oxygen atoms in total. The van der Waals surface area contributed by atoms with Crippen LogP contribution in [-0.2, 0) is 24.2 Å². The van der Waals surface area contributed by atoms with Gasteiger partial charge in [0.2, 0.25) is 0 Å². The molecule has 1 amide bonds.